The van der Waals surface area contributed by atoms with Crippen molar-refractivity contribution in [2.75, 3.05) is 19.8 Å². The van der Waals surface area contributed by atoms with E-state index in [1.807, 2.05) is 0 Å². The summed E-state index contributed by atoms with van der Waals surface area (Å²) < 4.78 is 5.44. The molecule has 1 saturated heterocycles. The summed E-state index contributed by atoms with van der Waals surface area (Å²) >= 11 is 0. The number of nitrogens with one attached hydrogen (secondary N) is 1. The van der Waals surface area contributed by atoms with Crippen LogP contribution in [0.4, 0.5) is 0 Å². The summed E-state index contributed by atoms with van der Waals surface area (Å²) in [6.07, 6.45) is 4.03. The molecule has 1 spiro atoms. The van der Waals surface area contributed by atoms with Gasteiger partial charge in [0.15, 0.2) is 0 Å². The minimum Gasteiger partial charge on any atom is -0.459 e. The van der Waals surface area contributed by atoms with E-state index in [9.17, 15) is 0 Å². The van der Waals surface area contributed by atoms with Gasteiger partial charge in [0.1, 0.15) is 0 Å². The van der Waals surface area contributed by atoms with E-state index >= 15 is 0 Å². The molecule has 0 aromatic heterocycles. The lowest BCUT2D eigenvalue weighted by Crippen LogP contribution is -3.19. The van der Waals surface area contributed by atoms with Crippen molar-refractivity contribution in [3.05, 3.63) is 7.05 Å². The van der Waals surface area contributed by atoms with E-state index in [1.165, 1.54) is 24.2 Å². The first kappa shape index (κ1) is 6.62. The predicted molar refractivity (Wildman–Crippen MR) is 38.6 cm³/mol. The van der Waals surface area contributed by atoms with Gasteiger partial charge in [0, 0.05) is 12.8 Å². The van der Waals surface area contributed by atoms with Gasteiger partial charge in [0.05, 0.1) is 25.3 Å². The van der Waals surface area contributed by atoms with Gasteiger partial charge in [0.2, 0.25) is 0 Å². The molecule has 2 aliphatic rings. The lowest BCUT2D eigenvalue weighted by Gasteiger charge is -2.51. The zero-order valence-corrected chi connectivity index (χ0v) is 6.36. The molecule has 2 nitrogen and oxygen atoms in total. The Kier molecular flexibility index (Phi) is 1.46. The molecule has 10 heavy (non-hydrogen) atoms. The Morgan fingerprint density at radius 1 is 1.40 bits per heavy atom. The summed E-state index contributed by atoms with van der Waals surface area (Å²) in [5.74, 6) is 0. The smallest absolute Gasteiger partial charge is 0.0994 e. The molecule has 58 valence electrons. The van der Waals surface area contributed by atoms with Crippen LogP contribution in [0.3, 0.4) is 0 Å². The van der Waals surface area contributed by atoms with E-state index in [0.29, 0.717) is 5.54 Å². The number of morpholine rings is 1. The number of ether oxygens (including phenoxy) is 1. The highest BCUT2D eigenvalue weighted by Crippen LogP contribution is 2.29. The maximum absolute atomic E-state index is 5.44. The Labute approximate surface area is 62.2 Å². The van der Waals surface area contributed by atoms with Gasteiger partial charge in [-0.05, 0) is 6.42 Å². The second-order valence-electron chi connectivity index (χ2n) is 3.54. The molecule has 0 aromatic carbocycles. The number of quaternary nitrogens is 1. The van der Waals surface area contributed by atoms with Crippen LogP contribution in [0.5, 0.6) is 0 Å². The molecule has 2 heteroatoms. The standard InChI is InChI=1S/C8H15NO/c1-9-5-6-10-7-8(9)3-2-4-8/h9H,1-7H2. The number of rotatable bonds is 0. The fourth-order valence-electron chi connectivity index (χ4n) is 1.93. The van der Waals surface area contributed by atoms with Gasteiger partial charge in [-0.15, -0.1) is 0 Å². The zero-order chi connectivity index (χ0) is 7.03. The van der Waals surface area contributed by atoms with Crippen molar-refractivity contribution in [2.45, 2.75) is 24.8 Å². The second-order valence-corrected chi connectivity index (χ2v) is 3.54. The monoisotopic (exact) mass is 141 g/mol. The van der Waals surface area contributed by atoms with Crippen molar-refractivity contribution >= 4 is 0 Å². The van der Waals surface area contributed by atoms with E-state index in [1.54, 1.807) is 0 Å². The normalized spacial score (nSPS) is 37.5. The lowest BCUT2D eigenvalue weighted by atomic mass is 9.75. The maximum atomic E-state index is 5.44. The molecule has 0 bridgehead atoms. The molecule has 0 radical (unpaired) electrons. The van der Waals surface area contributed by atoms with Crippen LogP contribution in [-0.2, 0) is 4.74 Å². The topological polar surface area (TPSA) is 13.7 Å². The Bertz CT molecular complexity index is 131. The van der Waals surface area contributed by atoms with Gasteiger partial charge < -0.3 is 9.64 Å². The summed E-state index contributed by atoms with van der Waals surface area (Å²) in [5.41, 5.74) is 0.443. The van der Waals surface area contributed by atoms with Crippen molar-refractivity contribution in [2.24, 2.45) is 0 Å². The average Bonchev–Trinajstić information content (AvgIpc) is 1.85. The Balaban J connectivity index is 2.03. The molecule has 1 aliphatic heterocycles. The predicted octanol–water partition coefficient (Wildman–Crippen LogP) is -0.384. The van der Waals surface area contributed by atoms with Crippen molar-refractivity contribution in [3.63, 3.8) is 0 Å². The van der Waals surface area contributed by atoms with Gasteiger partial charge >= 0.3 is 0 Å². The molecular weight excluding hydrogens is 126 g/mol. The third-order valence-electron chi connectivity index (χ3n) is 2.99. The highest BCUT2D eigenvalue weighted by atomic mass is 16.5. The molecule has 0 amide bonds. The van der Waals surface area contributed by atoms with Gasteiger partial charge in [-0.3, -0.25) is 0 Å². The maximum Gasteiger partial charge on any atom is 0.0994 e. The highest BCUT2D eigenvalue weighted by molar-refractivity contribution is 4.89. The number of hydrogen-bond donors (Lipinski definition) is 1. The Morgan fingerprint density at radius 2 is 2.20 bits per heavy atom. The van der Waals surface area contributed by atoms with Crippen LogP contribution in [0.25, 0.3) is 0 Å². The molecule has 2 fully saturated rings. The summed E-state index contributed by atoms with van der Waals surface area (Å²) in [6, 6.07) is 0. The van der Waals surface area contributed by atoms with E-state index in [4.69, 9.17) is 4.74 Å². The van der Waals surface area contributed by atoms with Crippen molar-refractivity contribution < 1.29 is 9.64 Å². The third kappa shape index (κ3) is 0.789. The first-order valence-corrected chi connectivity index (χ1v) is 4.10. The highest BCUT2D eigenvalue weighted by Gasteiger charge is 2.43. The Morgan fingerprint density at radius 3 is 2.60 bits per heavy atom. The number of hydrogen-bond acceptors (Lipinski definition) is 1. The molecule has 1 unspecified atom stereocenters. The third-order valence-corrected chi connectivity index (χ3v) is 2.99. The molecule has 1 saturated carbocycles. The summed E-state index contributed by atoms with van der Waals surface area (Å²) in [4.78, 5) is 1.45. The molecule has 1 heterocycles. The fraction of sp³-hybridized carbons (Fsp3) is 0.875. The molecule has 2 rings (SSSR count). The van der Waals surface area contributed by atoms with Crippen molar-refractivity contribution in [3.8, 4) is 0 Å². The van der Waals surface area contributed by atoms with Crippen molar-refractivity contribution in [1.29, 1.82) is 0 Å². The largest absolute Gasteiger partial charge is 0.459 e. The van der Waals surface area contributed by atoms with Crippen molar-refractivity contribution in [1.82, 2.24) is 0 Å². The van der Waals surface area contributed by atoms with Crippen LogP contribution in [0.15, 0.2) is 0 Å². The Hall–Kier alpha value is -0.0800. The summed E-state index contributed by atoms with van der Waals surface area (Å²) in [7, 11) is 4.11. The van der Waals surface area contributed by atoms with Crippen LogP contribution in [-0.4, -0.2) is 25.3 Å². The summed E-state index contributed by atoms with van der Waals surface area (Å²) in [6.45, 7) is 2.95. The lowest BCUT2D eigenvalue weighted by molar-refractivity contribution is -0.928. The summed E-state index contributed by atoms with van der Waals surface area (Å²) in [5, 5.41) is 0. The van der Waals surface area contributed by atoms with Gasteiger partial charge in [0.25, 0.3) is 0 Å². The minimum absolute atomic E-state index is 0.443. The van der Waals surface area contributed by atoms with Crippen LogP contribution >= 0.6 is 0 Å². The molecule has 0 aromatic rings. The average molecular weight is 141 g/mol. The first-order chi connectivity index (χ1) is 4.83. The zero-order valence-electron chi connectivity index (χ0n) is 6.36. The van der Waals surface area contributed by atoms with Gasteiger partial charge in [-0.25, -0.2) is 0 Å². The van der Waals surface area contributed by atoms with E-state index in [0.717, 1.165) is 19.8 Å². The molecular formula is C8H15NO. The molecule has 1 aliphatic carbocycles. The van der Waals surface area contributed by atoms with Crippen LogP contribution in [0, 0.1) is 7.05 Å². The van der Waals surface area contributed by atoms with E-state index in [-0.39, 0.29) is 0 Å². The van der Waals surface area contributed by atoms with Gasteiger partial charge in [-0.1, -0.05) is 0 Å². The van der Waals surface area contributed by atoms with Crippen LogP contribution < -0.4 is 4.90 Å². The van der Waals surface area contributed by atoms with Gasteiger partial charge in [-0.2, -0.15) is 7.05 Å². The van der Waals surface area contributed by atoms with E-state index < -0.39 is 0 Å². The van der Waals surface area contributed by atoms with Crippen LogP contribution in [0.2, 0.25) is 0 Å². The quantitative estimate of drug-likeness (QED) is 0.454. The fourth-order valence-corrected chi connectivity index (χ4v) is 1.93. The molecule has 1 N–H and O–H groups in total. The van der Waals surface area contributed by atoms with E-state index in [2.05, 4.69) is 7.05 Å². The first-order valence-electron chi connectivity index (χ1n) is 4.10. The molecule has 1 atom stereocenters. The SMILES string of the molecule is [CH2-][NH+]1CCOCC12CCC2. The van der Waals surface area contributed by atoms with Crippen LogP contribution in [0.1, 0.15) is 19.3 Å². The second kappa shape index (κ2) is 2.21. The minimum atomic E-state index is 0.443.